The Morgan fingerprint density at radius 3 is 2.58 bits per heavy atom. The Kier molecular flexibility index (Phi) is 3.87. The highest BCUT2D eigenvalue weighted by molar-refractivity contribution is 7.98. The molecule has 2 aromatic rings. The maximum atomic E-state index is 11.5. The van der Waals surface area contributed by atoms with Gasteiger partial charge in [-0.25, -0.2) is 9.48 Å². The van der Waals surface area contributed by atoms with Gasteiger partial charge < -0.3 is 5.11 Å². The van der Waals surface area contributed by atoms with Gasteiger partial charge in [0, 0.05) is 4.90 Å². The van der Waals surface area contributed by atoms with E-state index in [1.807, 2.05) is 19.2 Å². The fourth-order valence-electron chi connectivity index (χ4n) is 1.94. The van der Waals surface area contributed by atoms with Crippen LogP contribution in [0.15, 0.2) is 23.1 Å². The number of thioether (sulfide) groups is 1. The molecule has 2 rings (SSSR count). The molecule has 0 amide bonds. The second-order valence-electron chi connectivity index (χ2n) is 4.06. The lowest BCUT2D eigenvalue weighted by Crippen LogP contribution is -2.09. The second kappa shape index (κ2) is 5.27. The molecule has 0 saturated carbocycles. The number of hydrogen-bond donors (Lipinski definition) is 1. The summed E-state index contributed by atoms with van der Waals surface area (Å²) in [6.07, 6.45) is 1.85. The Balaban J connectivity index is 2.75. The number of aromatic nitrogens is 2. The summed E-state index contributed by atoms with van der Waals surface area (Å²) in [4.78, 5) is 12.2. The number of benzene rings is 1. The van der Waals surface area contributed by atoms with E-state index in [9.17, 15) is 9.90 Å². The van der Waals surface area contributed by atoms with Crippen LogP contribution in [0, 0.1) is 13.8 Å². The Hall–Kier alpha value is -1.46. The maximum Gasteiger partial charge on any atom is 0.339 e. The van der Waals surface area contributed by atoms with Gasteiger partial charge in [0.05, 0.1) is 27.7 Å². The fraction of sp³-hybridized carbons (Fsp3) is 0.231. The van der Waals surface area contributed by atoms with Gasteiger partial charge in [0.25, 0.3) is 0 Å². The molecule has 4 nitrogen and oxygen atoms in total. The molecule has 0 radical (unpaired) electrons. The van der Waals surface area contributed by atoms with Crippen LogP contribution >= 0.6 is 23.4 Å². The van der Waals surface area contributed by atoms with Crippen LogP contribution in [0.1, 0.15) is 21.7 Å². The third kappa shape index (κ3) is 2.35. The summed E-state index contributed by atoms with van der Waals surface area (Å²) < 4.78 is 1.58. The van der Waals surface area contributed by atoms with Crippen molar-refractivity contribution < 1.29 is 9.90 Å². The highest BCUT2D eigenvalue weighted by atomic mass is 35.5. The monoisotopic (exact) mass is 296 g/mol. The number of rotatable bonds is 3. The Labute approximate surface area is 120 Å². The number of carboxylic acids is 1. The normalized spacial score (nSPS) is 10.7. The number of aryl methyl sites for hydroxylation is 1. The van der Waals surface area contributed by atoms with Crippen LogP contribution in [0.3, 0.4) is 0 Å². The Morgan fingerprint density at radius 1 is 1.42 bits per heavy atom. The van der Waals surface area contributed by atoms with Crippen LogP contribution in [0.5, 0.6) is 0 Å². The molecule has 0 saturated heterocycles. The molecule has 1 aromatic heterocycles. The molecule has 1 N–H and O–H groups in total. The summed E-state index contributed by atoms with van der Waals surface area (Å²) in [5, 5.41) is 14.3. The quantitative estimate of drug-likeness (QED) is 0.880. The van der Waals surface area contributed by atoms with Crippen molar-refractivity contribution in [1.82, 2.24) is 9.78 Å². The number of carbonyl (C=O) groups is 1. The number of carboxylic acid groups (broad SMARTS) is 1. The fourth-order valence-corrected chi connectivity index (χ4v) is 2.67. The molecule has 100 valence electrons. The Morgan fingerprint density at radius 2 is 2.11 bits per heavy atom. The standard InChI is InChI=1S/C13H13ClN2O2S/c1-7-12(14)8(2)16(15-7)9-5-4-6-10(19-3)11(9)13(17)18/h4-6H,1-3H3,(H,17,18). The summed E-state index contributed by atoms with van der Waals surface area (Å²) in [7, 11) is 0. The molecule has 0 bridgehead atoms. The average molecular weight is 297 g/mol. The third-order valence-corrected chi connectivity index (χ3v) is 4.20. The van der Waals surface area contributed by atoms with Crippen molar-refractivity contribution in [3.8, 4) is 5.69 Å². The van der Waals surface area contributed by atoms with Gasteiger partial charge >= 0.3 is 5.97 Å². The zero-order valence-corrected chi connectivity index (χ0v) is 12.3. The van der Waals surface area contributed by atoms with Crippen molar-refractivity contribution >= 4 is 29.3 Å². The van der Waals surface area contributed by atoms with E-state index in [4.69, 9.17) is 11.6 Å². The van der Waals surface area contributed by atoms with Gasteiger partial charge in [-0.05, 0) is 32.2 Å². The van der Waals surface area contributed by atoms with Crippen molar-refractivity contribution in [2.45, 2.75) is 18.7 Å². The molecule has 0 aliphatic rings. The van der Waals surface area contributed by atoms with E-state index in [-0.39, 0.29) is 5.56 Å². The first-order valence-corrected chi connectivity index (χ1v) is 7.20. The van der Waals surface area contributed by atoms with Crippen LogP contribution in [0.25, 0.3) is 5.69 Å². The summed E-state index contributed by atoms with van der Waals surface area (Å²) in [6, 6.07) is 5.34. The summed E-state index contributed by atoms with van der Waals surface area (Å²) in [5.41, 5.74) is 2.20. The van der Waals surface area contributed by atoms with E-state index in [1.165, 1.54) is 11.8 Å². The van der Waals surface area contributed by atoms with E-state index in [2.05, 4.69) is 5.10 Å². The summed E-state index contributed by atoms with van der Waals surface area (Å²) in [6.45, 7) is 3.62. The summed E-state index contributed by atoms with van der Waals surface area (Å²) in [5.74, 6) is -0.969. The largest absolute Gasteiger partial charge is 0.478 e. The lowest BCUT2D eigenvalue weighted by atomic mass is 10.1. The minimum Gasteiger partial charge on any atom is -0.478 e. The first-order chi connectivity index (χ1) is 8.97. The molecule has 0 aliphatic carbocycles. The zero-order chi connectivity index (χ0) is 14.2. The minimum absolute atomic E-state index is 0.247. The molecule has 6 heteroatoms. The SMILES string of the molecule is CSc1cccc(-n2nc(C)c(Cl)c2C)c1C(=O)O. The number of halogens is 1. The van der Waals surface area contributed by atoms with E-state index in [0.29, 0.717) is 21.3 Å². The van der Waals surface area contributed by atoms with Gasteiger partial charge in [-0.15, -0.1) is 11.8 Å². The van der Waals surface area contributed by atoms with Crippen LogP contribution < -0.4 is 0 Å². The maximum absolute atomic E-state index is 11.5. The van der Waals surface area contributed by atoms with Gasteiger partial charge in [-0.1, -0.05) is 17.7 Å². The van der Waals surface area contributed by atoms with Crippen molar-refractivity contribution in [2.75, 3.05) is 6.26 Å². The molecule has 0 fully saturated rings. The predicted octanol–water partition coefficient (Wildman–Crippen LogP) is 3.56. The van der Waals surface area contributed by atoms with Gasteiger partial charge in [0.15, 0.2) is 0 Å². The van der Waals surface area contributed by atoms with E-state index in [0.717, 1.165) is 5.69 Å². The molecule has 0 aliphatic heterocycles. The van der Waals surface area contributed by atoms with E-state index in [1.54, 1.807) is 23.7 Å². The van der Waals surface area contributed by atoms with Gasteiger partial charge in [-0.3, -0.25) is 0 Å². The van der Waals surface area contributed by atoms with Gasteiger partial charge in [-0.2, -0.15) is 5.10 Å². The molecule has 1 aromatic carbocycles. The van der Waals surface area contributed by atoms with Gasteiger partial charge in [0.2, 0.25) is 0 Å². The predicted molar refractivity (Wildman–Crippen MR) is 76.8 cm³/mol. The van der Waals surface area contributed by atoms with Crippen LogP contribution in [0.2, 0.25) is 5.02 Å². The molecular weight excluding hydrogens is 284 g/mol. The third-order valence-electron chi connectivity index (χ3n) is 2.87. The van der Waals surface area contributed by atoms with Crippen molar-refractivity contribution in [3.63, 3.8) is 0 Å². The van der Waals surface area contributed by atoms with Crippen molar-refractivity contribution in [3.05, 3.63) is 40.2 Å². The first kappa shape index (κ1) is 14.0. The van der Waals surface area contributed by atoms with E-state index >= 15 is 0 Å². The van der Waals surface area contributed by atoms with Crippen LogP contribution in [0.4, 0.5) is 0 Å². The molecule has 0 unspecified atom stereocenters. The molecule has 19 heavy (non-hydrogen) atoms. The molecular formula is C13H13ClN2O2S. The molecule has 0 atom stereocenters. The van der Waals surface area contributed by atoms with E-state index < -0.39 is 5.97 Å². The van der Waals surface area contributed by atoms with Crippen LogP contribution in [-0.4, -0.2) is 27.1 Å². The van der Waals surface area contributed by atoms with Crippen LogP contribution in [-0.2, 0) is 0 Å². The first-order valence-electron chi connectivity index (χ1n) is 5.59. The highest BCUT2D eigenvalue weighted by Gasteiger charge is 2.19. The topological polar surface area (TPSA) is 55.1 Å². The lowest BCUT2D eigenvalue weighted by Gasteiger charge is -2.11. The van der Waals surface area contributed by atoms with Gasteiger partial charge in [0.1, 0.15) is 0 Å². The molecule has 1 heterocycles. The average Bonchev–Trinajstić information content (AvgIpc) is 2.65. The highest BCUT2D eigenvalue weighted by Crippen LogP contribution is 2.29. The number of nitrogens with zero attached hydrogens (tertiary/aromatic N) is 2. The van der Waals surface area contributed by atoms with Crippen molar-refractivity contribution in [2.24, 2.45) is 0 Å². The van der Waals surface area contributed by atoms with Crippen molar-refractivity contribution in [1.29, 1.82) is 0 Å². The smallest absolute Gasteiger partial charge is 0.339 e. The summed E-state index contributed by atoms with van der Waals surface area (Å²) >= 11 is 7.51. The minimum atomic E-state index is -0.969. The number of hydrogen-bond acceptors (Lipinski definition) is 3. The lowest BCUT2D eigenvalue weighted by molar-refractivity contribution is 0.0693. The second-order valence-corrected chi connectivity index (χ2v) is 5.28. The zero-order valence-electron chi connectivity index (χ0n) is 10.8. The molecule has 0 spiro atoms. The Bertz CT molecular complexity index is 652. The number of aromatic carboxylic acids is 1.